The molecule has 11 nitrogen and oxygen atoms in total. The predicted molar refractivity (Wildman–Crippen MR) is 68.6 cm³/mol. The molecule has 4 atom stereocenters. The van der Waals surface area contributed by atoms with Gasteiger partial charge >= 0.3 is 5.69 Å². The zero-order valence-corrected chi connectivity index (χ0v) is 11.0. The van der Waals surface area contributed by atoms with Crippen LogP contribution in [0.1, 0.15) is 13.2 Å². The van der Waals surface area contributed by atoms with E-state index in [1.807, 2.05) is 0 Å². The van der Waals surface area contributed by atoms with Crippen molar-refractivity contribution in [2.45, 2.75) is 30.6 Å². The number of hydrogen-bond donors (Lipinski definition) is 4. The molecule has 1 aromatic rings. The zero-order chi connectivity index (χ0) is 15.8. The number of aliphatic hydroxyl groups is 3. The van der Waals surface area contributed by atoms with Crippen LogP contribution in [0.3, 0.4) is 0 Å². The Morgan fingerprint density at radius 3 is 2.90 bits per heavy atom. The van der Waals surface area contributed by atoms with Crippen LogP contribution in [0.2, 0.25) is 0 Å². The molecular formula is C10H14N6O5. The van der Waals surface area contributed by atoms with E-state index in [1.165, 1.54) is 19.2 Å². The van der Waals surface area contributed by atoms with Gasteiger partial charge < -0.3 is 25.8 Å². The lowest BCUT2D eigenvalue weighted by atomic mass is 9.93. The van der Waals surface area contributed by atoms with Gasteiger partial charge in [0.05, 0.1) is 6.61 Å². The van der Waals surface area contributed by atoms with E-state index >= 15 is 0 Å². The first-order valence-corrected chi connectivity index (χ1v) is 5.88. The Labute approximate surface area is 117 Å². The van der Waals surface area contributed by atoms with Crippen molar-refractivity contribution in [3.63, 3.8) is 0 Å². The van der Waals surface area contributed by atoms with Gasteiger partial charge in [-0.2, -0.15) is 4.98 Å². The van der Waals surface area contributed by atoms with Crippen LogP contribution >= 0.6 is 0 Å². The fourth-order valence-electron chi connectivity index (χ4n) is 2.22. The fraction of sp³-hybridized carbons (Fsp3) is 0.600. The SMILES string of the molecule is C[C@]1(O)[C@H](n2ccc(N)nc2=O)O[C@@](CO)(N=[N+]=[N-])[C@H]1O. The zero-order valence-electron chi connectivity index (χ0n) is 11.0. The number of ether oxygens (including phenoxy) is 1. The number of anilines is 1. The second-order valence-corrected chi connectivity index (χ2v) is 4.83. The number of rotatable bonds is 3. The molecule has 0 unspecified atom stereocenters. The van der Waals surface area contributed by atoms with Gasteiger partial charge in [0, 0.05) is 11.1 Å². The molecule has 11 heteroatoms. The Bertz CT molecular complexity index is 654. The van der Waals surface area contributed by atoms with E-state index in [-0.39, 0.29) is 5.82 Å². The van der Waals surface area contributed by atoms with Crippen LogP contribution < -0.4 is 11.4 Å². The maximum atomic E-state index is 11.8. The Kier molecular flexibility index (Phi) is 3.61. The second-order valence-electron chi connectivity index (χ2n) is 4.83. The minimum atomic E-state index is -2.11. The Morgan fingerprint density at radius 2 is 2.38 bits per heavy atom. The highest BCUT2D eigenvalue weighted by atomic mass is 16.6. The van der Waals surface area contributed by atoms with Gasteiger partial charge in [-0.15, -0.1) is 0 Å². The number of aliphatic hydroxyl groups excluding tert-OH is 2. The Balaban J connectivity index is 2.55. The van der Waals surface area contributed by atoms with Crippen molar-refractivity contribution in [3.8, 4) is 0 Å². The summed E-state index contributed by atoms with van der Waals surface area (Å²) in [5.74, 6) is -0.0297. The lowest BCUT2D eigenvalue weighted by Crippen LogP contribution is -2.50. The molecule has 114 valence electrons. The molecule has 0 radical (unpaired) electrons. The van der Waals surface area contributed by atoms with Gasteiger partial charge in [0.1, 0.15) is 17.5 Å². The smallest absolute Gasteiger partial charge is 0.351 e. The molecule has 1 aromatic heterocycles. The van der Waals surface area contributed by atoms with Crippen molar-refractivity contribution >= 4 is 5.82 Å². The largest absolute Gasteiger partial charge is 0.393 e. The van der Waals surface area contributed by atoms with E-state index in [0.717, 1.165) is 4.57 Å². The quantitative estimate of drug-likeness (QED) is 0.296. The third-order valence-electron chi connectivity index (χ3n) is 3.34. The summed E-state index contributed by atoms with van der Waals surface area (Å²) in [6.07, 6.45) is -1.98. The van der Waals surface area contributed by atoms with Crippen LogP contribution in [0.25, 0.3) is 10.4 Å². The maximum absolute atomic E-state index is 11.8. The van der Waals surface area contributed by atoms with Crippen LogP contribution in [-0.2, 0) is 4.74 Å². The Morgan fingerprint density at radius 1 is 1.71 bits per heavy atom. The highest BCUT2D eigenvalue weighted by Crippen LogP contribution is 2.44. The average Bonchev–Trinajstić information content (AvgIpc) is 2.61. The van der Waals surface area contributed by atoms with Crippen LogP contribution in [0.15, 0.2) is 22.2 Å². The van der Waals surface area contributed by atoms with Gasteiger partial charge in [-0.1, -0.05) is 5.11 Å². The highest BCUT2D eigenvalue weighted by molar-refractivity contribution is 5.24. The normalized spacial score (nSPS) is 35.4. The number of nitrogens with zero attached hydrogens (tertiary/aromatic N) is 5. The van der Waals surface area contributed by atoms with Crippen molar-refractivity contribution in [2.75, 3.05) is 12.3 Å². The maximum Gasteiger partial charge on any atom is 0.351 e. The first-order valence-electron chi connectivity index (χ1n) is 5.88. The van der Waals surface area contributed by atoms with Gasteiger partial charge in [-0.05, 0) is 18.5 Å². The van der Waals surface area contributed by atoms with Crippen LogP contribution in [0.5, 0.6) is 0 Å². The highest BCUT2D eigenvalue weighted by Gasteiger charge is 2.61. The summed E-state index contributed by atoms with van der Waals surface area (Å²) in [5, 5.41) is 33.0. The number of hydrogen-bond acceptors (Lipinski definition) is 8. The van der Waals surface area contributed by atoms with Gasteiger partial charge in [-0.3, -0.25) is 4.57 Å². The summed E-state index contributed by atoms with van der Waals surface area (Å²) in [6, 6.07) is 1.29. The second kappa shape index (κ2) is 4.98. The first kappa shape index (κ1) is 15.2. The summed E-state index contributed by atoms with van der Waals surface area (Å²) in [5.41, 5.74) is 8.95. The molecule has 0 bridgehead atoms. The third-order valence-corrected chi connectivity index (χ3v) is 3.34. The van der Waals surface area contributed by atoms with Gasteiger partial charge in [0.15, 0.2) is 6.23 Å². The van der Waals surface area contributed by atoms with Crippen molar-refractivity contribution in [1.82, 2.24) is 9.55 Å². The molecule has 2 rings (SSSR count). The van der Waals surface area contributed by atoms with Crippen molar-refractivity contribution < 1.29 is 20.1 Å². The minimum Gasteiger partial charge on any atom is -0.393 e. The summed E-state index contributed by atoms with van der Waals surface area (Å²) < 4.78 is 6.16. The summed E-state index contributed by atoms with van der Waals surface area (Å²) in [4.78, 5) is 17.8. The standard InChI is InChI=1S/C10H14N6O5/c1-9(20)6(18)10(4-17,14-15-12)21-7(9)16-3-2-5(11)13-8(16)19/h2-3,6-7,17-18,20H,4H2,1H3,(H2,11,13,19)/t6-,7+,9+,10+/m0/s1. The molecule has 0 spiro atoms. The molecule has 5 N–H and O–H groups in total. The Hall–Kier alpha value is -2.17. The average molecular weight is 298 g/mol. The van der Waals surface area contributed by atoms with E-state index in [1.54, 1.807) is 0 Å². The molecule has 1 aliphatic heterocycles. The van der Waals surface area contributed by atoms with Gasteiger partial charge in [0.2, 0.25) is 5.72 Å². The molecule has 1 fully saturated rings. The molecule has 0 amide bonds. The monoisotopic (exact) mass is 298 g/mol. The molecule has 0 aromatic carbocycles. The van der Waals surface area contributed by atoms with E-state index in [9.17, 15) is 20.1 Å². The van der Waals surface area contributed by atoms with E-state index < -0.39 is 36.0 Å². The van der Waals surface area contributed by atoms with E-state index in [0.29, 0.717) is 0 Å². The summed E-state index contributed by atoms with van der Waals surface area (Å²) in [7, 11) is 0. The topological polar surface area (TPSA) is 180 Å². The van der Waals surface area contributed by atoms with Gasteiger partial charge in [-0.25, -0.2) is 4.79 Å². The third kappa shape index (κ3) is 2.22. The van der Waals surface area contributed by atoms with Gasteiger partial charge in [0.25, 0.3) is 0 Å². The number of nitrogens with two attached hydrogens (primary N) is 1. The van der Waals surface area contributed by atoms with Crippen LogP contribution in [0.4, 0.5) is 5.82 Å². The molecule has 0 saturated carbocycles. The van der Waals surface area contributed by atoms with Crippen LogP contribution in [0, 0.1) is 0 Å². The summed E-state index contributed by atoms with van der Waals surface area (Å²) in [6.45, 7) is 0.289. The van der Waals surface area contributed by atoms with Crippen molar-refractivity contribution in [1.29, 1.82) is 0 Å². The molecule has 2 heterocycles. The number of nitrogen functional groups attached to an aromatic ring is 1. The molecular weight excluding hydrogens is 284 g/mol. The predicted octanol–water partition coefficient (Wildman–Crippen LogP) is -1.53. The fourth-order valence-corrected chi connectivity index (χ4v) is 2.22. The van der Waals surface area contributed by atoms with Crippen molar-refractivity contribution in [2.24, 2.45) is 5.11 Å². The number of aromatic nitrogens is 2. The molecule has 0 aliphatic carbocycles. The minimum absolute atomic E-state index is 0.0297. The lowest BCUT2D eigenvalue weighted by Gasteiger charge is -2.28. The van der Waals surface area contributed by atoms with Crippen molar-refractivity contribution in [3.05, 3.63) is 33.2 Å². The first-order chi connectivity index (χ1) is 9.78. The van der Waals surface area contributed by atoms with E-state index in [4.69, 9.17) is 16.0 Å². The lowest BCUT2D eigenvalue weighted by molar-refractivity contribution is -0.128. The molecule has 1 aliphatic rings. The van der Waals surface area contributed by atoms with Crippen LogP contribution in [-0.4, -0.2) is 48.9 Å². The molecule has 21 heavy (non-hydrogen) atoms. The number of azide groups is 1. The molecule has 1 saturated heterocycles. The summed E-state index contributed by atoms with van der Waals surface area (Å²) >= 11 is 0. The van der Waals surface area contributed by atoms with E-state index in [2.05, 4.69) is 15.0 Å².